The number of anilines is 1. The van der Waals surface area contributed by atoms with Gasteiger partial charge in [0, 0.05) is 30.3 Å². The Balaban J connectivity index is 1.65. The number of hydrogen-bond acceptors (Lipinski definition) is 3. The quantitative estimate of drug-likeness (QED) is 0.676. The summed E-state index contributed by atoms with van der Waals surface area (Å²) < 4.78 is 0. The third-order valence-electron chi connectivity index (χ3n) is 5.85. The number of carbonyl (C=O) groups is 2. The van der Waals surface area contributed by atoms with Crippen LogP contribution in [0.2, 0.25) is 0 Å². The molecule has 1 saturated heterocycles. The van der Waals surface area contributed by atoms with Crippen LogP contribution in [0.3, 0.4) is 0 Å². The van der Waals surface area contributed by atoms with E-state index < -0.39 is 0 Å². The van der Waals surface area contributed by atoms with Crippen molar-refractivity contribution in [3.8, 4) is 0 Å². The van der Waals surface area contributed by atoms with Gasteiger partial charge in [-0.3, -0.25) is 9.59 Å². The number of amides is 2. The second-order valence-electron chi connectivity index (χ2n) is 8.47. The lowest BCUT2D eigenvalue weighted by Crippen LogP contribution is -2.48. The maximum absolute atomic E-state index is 12.6. The lowest BCUT2D eigenvalue weighted by Gasteiger charge is -2.27. The lowest BCUT2D eigenvalue weighted by molar-refractivity contribution is -0.123. The fourth-order valence-corrected chi connectivity index (χ4v) is 3.59. The smallest absolute Gasteiger partial charge is 0.230 e. The zero-order valence-electron chi connectivity index (χ0n) is 17.1. The number of para-hydroxylation sites is 1. The van der Waals surface area contributed by atoms with Gasteiger partial charge in [0.15, 0.2) is 0 Å². The Bertz CT molecular complexity index is 883. The molecule has 1 aliphatic heterocycles. The van der Waals surface area contributed by atoms with E-state index in [1.165, 1.54) is 5.56 Å². The van der Waals surface area contributed by atoms with E-state index in [1.54, 1.807) is 0 Å². The summed E-state index contributed by atoms with van der Waals surface area (Å²) in [6.45, 7) is 5.77. The molecule has 1 heterocycles. The molecule has 2 aromatic carbocycles. The van der Waals surface area contributed by atoms with Crippen LogP contribution in [0.5, 0.6) is 0 Å². The van der Waals surface area contributed by atoms with Gasteiger partial charge < -0.3 is 16.0 Å². The number of rotatable bonds is 7. The van der Waals surface area contributed by atoms with Crippen molar-refractivity contribution in [2.45, 2.75) is 38.6 Å². The molecule has 3 N–H and O–H groups in total. The number of nitrogens with one attached hydrogen (secondary N) is 3. The third kappa shape index (κ3) is 4.51. The van der Waals surface area contributed by atoms with Crippen molar-refractivity contribution in [2.75, 3.05) is 18.4 Å². The van der Waals surface area contributed by atoms with Crippen molar-refractivity contribution in [2.24, 2.45) is 11.8 Å². The molecule has 0 aromatic heterocycles. The summed E-state index contributed by atoms with van der Waals surface area (Å²) in [5.41, 5.74) is 3.97. The van der Waals surface area contributed by atoms with Gasteiger partial charge in [0.25, 0.3) is 0 Å². The van der Waals surface area contributed by atoms with Gasteiger partial charge in [0.2, 0.25) is 11.8 Å². The molecule has 4 rings (SSSR count). The second-order valence-corrected chi connectivity index (χ2v) is 8.47. The molecular weight excluding hydrogens is 362 g/mol. The molecule has 1 aliphatic carbocycles. The van der Waals surface area contributed by atoms with Gasteiger partial charge in [0.1, 0.15) is 0 Å². The van der Waals surface area contributed by atoms with Crippen LogP contribution in [0, 0.1) is 11.8 Å². The highest BCUT2D eigenvalue weighted by atomic mass is 16.2. The molecule has 5 heteroatoms. The first kappa shape index (κ1) is 19.6. The summed E-state index contributed by atoms with van der Waals surface area (Å²) in [5.74, 6) is 0.695. The van der Waals surface area contributed by atoms with Crippen LogP contribution in [0.4, 0.5) is 5.69 Å². The standard InChI is InChI=1S/C24H29N3O2/c1-15(2)16-7-9-17(10-8-16)22(27-23(28)18-11-12-18)20-5-3-4-6-21(20)26-24(29)19-13-25-14-19/h3-10,15,18-19,22,25H,11-14H2,1-2H3,(H,26,29)(H,27,28). The van der Waals surface area contributed by atoms with Crippen molar-refractivity contribution in [3.63, 3.8) is 0 Å². The van der Waals surface area contributed by atoms with Crippen LogP contribution >= 0.6 is 0 Å². The molecule has 2 fully saturated rings. The maximum Gasteiger partial charge on any atom is 0.230 e. The normalized spacial score (nSPS) is 17.5. The maximum atomic E-state index is 12.6. The van der Waals surface area contributed by atoms with E-state index in [1.807, 2.05) is 24.3 Å². The van der Waals surface area contributed by atoms with Crippen molar-refractivity contribution in [3.05, 3.63) is 65.2 Å². The SMILES string of the molecule is CC(C)c1ccc(C(NC(=O)C2CC2)c2ccccc2NC(=O)C2CNC2)cc1. The van der Waals surface area contributed by atoms with Gasteiger partial charge in [0.05, 0.1) is 12.0 Å². The Morgan fingerprint density at radius 1 is 0.897 bits per heavy atom. The number of carbonyl (C=O) groups excluding carboxylic acids is 2. The molecule has 1 atom stereocenters. The van der Waals surface area contributed by atoms with E-state index in [-0.39, 0.29) is 29.7 Å². The molecule has 0 spiro atoms. The van der Waals surface area contributed by atoms with E-state index in [9.17, 15) is 9.59 Å². The molecule has 5 nitrogen and oxygen atoms in total. The van der Waals surface area contributed by atoms with E-state index in [2.05, 4.69) is 54.1 Å². The van der Waals surface area contributed by atoms with Gasteiger partial charge in [-0.15, -0.1) is 0 Å². The van der Waals surface area contributed by atoms with E-state index >= 15 is 0 Å². The third-order valence-corrected chi connectivity index (χ3v) is 5.85. The van der Waals surface area contributed by atoms with Gasteiger partial charge in [-0.2, -0.15) is 0 Å². The van der Waals surface area contributed by atoms with Gasteiger partial charge >= 0.3 is 0 Å². The predicted molar refractivity (Wildman–Crippen MR) is 115 cm³/mol. The summed E-state index contributed by atoms with van der Waals surface area (Å²) in [5, 5.41) is 9.44. The molecular formula is C24H29N3O2. The van der Waals surface area contributed by atoms with Crippen molar-refractivity contribution in [1.82, 2.24) is 10.6 Å². The van der Waals surface area contributed by atoms with Crippen LogP contribution in [0.15, 0.2) is 48.5 Å². The minimum atomic E-state index is -0.291. The average Bonchev–Trinajstić information content (AvgIpc) is 3.50. The van der Waals surface area contributed by atoms with Gasteiger partial charge in [-0.25, -0.2) is 0 Å². The summed E-state index contributed by atoms with van der Waals surface area (Å²) in [7, 11) is 0. The lowest BCUT2D eigenvalue weighted by atomic mass is 9.93. The van der Waals surface area contributed by atoms with Crippen LogP contribution in [0.1, 0.15) is 55.3 Å². The van der Waals surface area contributed by atoms with Crippen LogP contribution in [0.25, 0.3) is 0 Å². The van der Waals surface area contributed by atoms with Crippen LogP contribution in [-0.4, -0.2) is 24.9 Å². The van der Waals surface area contributed by atoms with Crippen molar-refractivity contribution in [1.29, 1.82) is 0 Å². The van der Waals surface area contributed by atoms with Crippen LogP contribution in [-0.2, 0) is 9.59 Å². The molecule has 29 heavy (non-hydrogen) atoms. The summed E-state index contributed by atoms with van der Waals surface area (Å²) in [6, 6.07) is 15.9. The first-order valence-electron chi connectivity index (χ1n) is 10.5. The van der Waals surface area contributed by atoms with Crippen molar-refractivity contribution >= 4 is 17.5 Å². The zero-order valence-corrected chi connectivity index (χ0v) is 17.1. The van der Waals surface area contributed by atoms with Gasteiger partial charge in [-0.05, 0) is 36.0 Å². The predicted octanol–water partition coefficient (Wildman–Crippen LogP) is 3.58. The Hall–Kier alpha value is -2.66. The zero-order chi connectivity index (χ0) is 20.4. The molecule has 1 saturated carbocycles. The Morgan fingerprint density at radius 2 is 1.55 bits per heavy atom. The molecule has 0 bridgehead atoms. The Labute approximate surface area is 172 Å². The highest BCUT2D eigenvalue weighted by molar-refractivity contribution is 5.94. The van der Waals surface area contributed by atoms with Crippen LogP contribution < -0.4 is 16.0 Å². The molecule has 2 aliphatic rings. The highest BCUT2D eigenvalue weighted by Gasteiger charge is 2.32. The Kier molecular flexibility index (Phi) is 5.67. The highest BCUT2D eigenvalue weighted by Crippen LogP contribution is 2.34. The van der Waals surface area contributed by atoms with Crippen molar-refractivity contribution < 1.29 is 9.59 Å². The van der Waals surface area contributed by atoms with E-state index in [0.717, 1.165) is 29.7 Å². The number of hydrogen-bond donors (Lipinski definition) is 3. The molecule has 0 radical (unpaired) electrons. The molecule has 152 valence electrons. The van der Waals surface area contributed by atoms with E-state index in [4.69, 9.17) is 0 Å². The molecule has 2 amide bonds. The first-order valence-corrected chi connectivity index (χ1v) is 10.5. The average molecular weight is 392 g/mol. The summed E-state index contributed by atoms with van der Waals surface area (Å²) in [6.07, 6.45) is 1.91. The fraction of sp³-hybridized carbons (Fsp3) is 0.417. The Morgan fingerprint density at radius 3 is 2.14 bits per heavy atom. The first-order chi connectivity index (χ1) is 14.0. The molecule has 2 aromatic rings. The number of benzene rings is 2. The second kappa shape index (κ2) is 8.37. The minimum Gasteiger partial charge on any atom is -0.345 e. The van der Waals surface area contributed by atoms with E-state index in [0.29, 0.717) is 19.0 Å². The fourth-order valence-electron chi connectivity index (χ4n) is 3.59. The summed E-state index contributed by atoms with van der Waals surface area (Å²) in [4.78, 5) is 25.2. The van der Waals surface area contributed by atoms with Gasteiger partial charge in [-0.1, -0.05) is 56.3 Å². The minimum absolute atomic E-state index is 0.00730. The monoisotopic (exact) mass is 391 g/mol. The summed E-state index contributed by atoms with van der Waals surface area (Å²) >= 11 is 0. The molecule has 1 unspecified atom stereocenters. The largest absolute Gasteiger partial charge is 0.345 e. The topological polar surface area (TPSA) is 70.2 Å².